The Balaban J connectivity index is 2.45. The Kier molecular flexibility index (Phi) is 7.13. The van der Waals surface area contributed by atoms with Crippen LogP contribution in [0.2, 0.25) is 15.1 Å². The van der Waals surface area contributed by atoms with E-state index in [-0.39, 0.29) is 41.0 Å². The first-order valence-corrected chi connectivity index (χ1v) is 7.02. The summed E-state index contributed by atoms with van der Waals surface area (Å²) in [7, 11) is 0. The van der Waals surface area contributed by atoms with Gasteiger partial charge in [0, 0.05) is 12.5 Å². The van der Waals surface area contributed by atoms with Gasteiger partial charge in [0.1, 0.15) is 12.4 Å². The number of Topliss-reactive ketones (excluding diaryl/α,β-unsaturated/α-hetero) is 1. The van der Waals surface area contributed by atoms with Crippen molar-refractivity contribution in [2.75, 3.05) is 13.2 Å². The van der Waals surface area contributed by atoms with E-state index < -0.39 is 5.97 Å². The van der Waals surface area contributed by atoms with Gasteiger partial charge in [0.25, 0.3) is 0 Å². The molecule has 1 aromatic rings. The molecule has 0 unspecified atom stereocenters. The summed E-state index contributed by atoms with van der Waals surface area (Å²) < 4.78 is 9.97. The highest BCUT2D eigenvalue weighted by molar-refractivity contribution is 6.43. The standard InChI is InChI=1S/C13H13Cl3O4/c1-2-19-13(18)4-3-8(17)7-20-12-6-10(15)9(14)5-11(12)16/h5-6H,2-4,7H2,1H3. The minimum Gasteiger partial charge on any atom is -0.484 e. The van der Waals surface area contributed by atoms with Crippen LogP contribution in [0.1, 0.15) is 19.8 Å². The third-order valence-electron chi connectivity index (χ3n) is 2.28. The molecule has 0 N–H and O–H groups in total. The smallest absolute Gasteiger partial charge is 0.306 e. The maximum absolute atomic E-state index is 11.6. The number of ketones is 1. The van der Waals surface area contributed by atoms with Gasteiger partial charge < -0.3 is 9.47 Å². The number of hydrogen-bond acceptors (Lipinski definition) is 4. The summed E-state index contributed by atoms with van der Waals surface area (Å²) in [6.07, 6.45) is 0.0862. The fraction of sp³-hybridized carbons (Fsp3) is 0.385. The molecule has 0 fully saturated rings. The second kappa shape index (κ2) is 8.35. The summed E-state index contributed by atoms with van der Waals surface area (Å²) in [5, 5.41) is 0.847. The van der Waals surface area contributed by atoms with Gasteiger partial charge in [0.15, 0.2) is 5.78 Å². The molecule has 1 aromatic carbocycles. The maximum atomic E-state index is 11.6. The molecule has 0 radical (unpaired) electrons. The van der Waals surface area contributed by atoms with E-state index >= 15 is 0 Å². The van der Waals surface area contributed by atoms with E-state index in [1.165, 1.54) is 12.1 Å². The molecule has 0 aliphatic heterocycles. The average Bonchev–Trinajstić information content (AvgIpc) is 2.39. The normalized spacial score (nSPS) is 10.2. The van der Waals surface area contributed by atoms with Crippen LogP contribution in [0.4, 0.5) is 0 Å². The van der Waals surface area contributed by atoms with Gasteiger partial charge in [-0.2, -0.15) is 0 Å². The van der Waals surface area contributed by atoms with E-state index in [0.717, 1.165) is 0 Å². The summed E-state index contributed by atoms with van der Waals surface area (Å²) in [4.78, 5) is 22.6. The van der Waals surface area contributed by atoms with Crippen LogP contribution in [0.15, 0.2) is 12.1 Å². The first kappa shape index (κ1) is 17.1. The largest absolute Gasteiger partial charge is 0.484 e. The van der Waals surface area contributed by atoms with Crippen molar-refractivity contribution in [3.63, 3.8) is 0 Å². The zero-order valence-corrected chi connectivity index (χ0v) is 13.0. The highest BCUT2D eigenvalue weighted by atomic mass is 35.5. The summed E-state index contributed by atoms with van der Waals surface area (Å²) in [6.45, 7) is 1.80. The molecule has 0 amide bonds. The van der Waals surface area contributed by atoms with Crippen molar-refractivity contribution in [2.45, 2.75) is 19.8 Å². The maximum Gasteiger partial charge on any atom is 0.306 e. The third kappa shape index (κ3) is 5.57. The number of halogens is 3. The monoisotopic (exact) mass is 338 g/mol. The lowest BCUT2D eigenvalue weighted by molar-refractivity contribution is -0.144. The van der Waals surface area contributed by atoms with Gasteiger partial charge in [-0.25, -0.2) is 0 Å². The molecule has 0 heterocycles. The molecule has 0 bridgehead atoms. The van der Waals surface area contributed by atoms with Crippen LogP contribution in [-0.2, 0) is 14.3 Å². The van der Waals surface area contributed by atoms with E-state index in [9.17, 15) is 9.59 Å². The summed E-state index contributed by atoms with van der Waals surface area (Å²) in [6, 6.07) is 2.87. The second-order valence-electron chi connectivity index (χ2n) is 3.83. The van der Waals surface area contributed by atoms with Crippen LogP contribution in [-0.4, -0.2) is 25.0 Å². The number of ether oxygens (including phenoxy) is 2. The lowest BCUT2D eigenvalue weighted by Gasteiger charge is -2.08. The Morgan fingerprint density at radius 2 is 1.70 bits per heavy atom. The molecule has 0 aliphatic carbocycles. The molecule has 0 spiro atoms. The van der Waals surface area contributed by atoms with Crippen molar-refractivity contribution < 1.29 is 19.1 Å². The fourth-order valence-corrected chi connectivity index (χ4v) is 1.91. The summed E-state index contributed by atoms with van der Waals surface area (Å²) >= 11 is 17.5. The van der Waals surface area contributed by atoms with Gasteiger partial charge in [0.2, 0.25) is 0 Å². The Morgan fingerprint density at radius 1 is 1.05 bits per heavy atom. The number of hydrogen-bond donors (Lipinski definition) is 0. The van der Waals surface area contributed by atoms with Crippen LogP contribution in [0, 0.1) is 0 Å². The van der Waals surface area contributed by atoms with Crippen LogP contribution in [0.25, 0.3) is 0 Å². The molecular formula is C13H13Cl3O4. The minimum absolute atomic E-state index is 0.0329. The van der Waals surface area contributed by atoms with Gasteiger partial charge in [0.05, 0.1) is 28.1 Å². The molecule has 4 nitrogen and oxygen atoms in total. The van der Waals surface area contributed by atoms with Crippen molar-refractivity contribution in [3.05, 3.63) is 27.2 Å². The van der Waals surface area contributed by atoms with Gasteiger partial charge in [-0.15, -0.1) is 0 Å². The highest BCUT2D eigenvalue weighted by Crippen LogP contribution is 2.33. The minimum atomic E-state index is -0.409. The topological polar surface area (TPSA) is 52.6 Å². The molecule has 1 rings (SSSR count). The van der Waals surface area contributed by atoms with Crippen LogP contribution < -0.4 is 4.74 Å². The molecule has 20 heavy (non-hydrogen) atoms. The van der Waals surface area contributed by atoms with Crippen LogP contribution in [0.5, 0.6) is 5.75 Å². The lowest BCUT2D eigenvalue weighted by Crippen LogP contribution is -2.14. The van der Waals surface area contributed by atoms with Crippen molar-refractivity contribution in [3.8, 4) is 5.75 Å². The van der Waals surface area contributed by atoms with Crippen LogP contribution in [0.3, 0.4) is 0 Å². The number of carbonyl (C=O) groups excluding carboxylic acids is 2. The predicted octanol–water partition coefficient (Wildman–Crippen LogP) is 3.94. The molecule has 110 valence electrons. The van der Waals surface area contributed by atoms with Crippen molar-refractivity contribution in [1.82, 2.24) is 0 Å². The Labute approximate surface area is 131 Å². The average molecular weight is 340 g/mol. The van der Waals surface area contributed by atoms with Crippen molar-refractivity contribution in [1.29, 1.82) is 0 Å². The highest BCUT2D eigenvalue weighted by Gasteiger charge is 2.11. The Morgan fingerprint density at radius 3 is 2.35 bits per heavy atom. The molecule has 7 heteroatoms. The number of carbonyl (C=O) groups is 2. The predicted molar refractivity (Wildman–Crippen MR) is 77.8 cm³/mol. The van der Waals surface area contributed by atoms with E-state index in [2.05, 4.69) is 0 Å². The SMILES string of the molecule is CCOC(=O)CCC(=O)COc1cc(Cl)c(Cl)cc1Cl. The molecule has 0 aromatic heterocycles. The van der Waals surface area contributed by atoms with E-state index in [0.29, 0.717) is 11.6 Å². The van der Waals surface area contributed by atoms with E-state index in [1.807, 2.05) is 0 Å². The van der Waals surface area contributed by atoms with E-state index in [4.69, 9.17) is 44.3 Å². The zero-order valence-electron chi connectivity index (χ0n) is 10.8. The number of esters is 1. The lowest BCUT2D eigenvalue weighted by atomic mass is 10.2. The van der Waals surface area contributed by atoms with Crippen LogP contribution >= 0.6 is 34.8 Å². The number of rotatable bonds is 7. The third-order valence-corrected chi connectivity index (χ3v) is 3.29. The quantitative estimate of drug-likeness (QED) is 0.558. The van der Waals surface area contributed by atoms with Gasteiger partial charge in [-0.1, -0.05) is 34.8 Å². The van der Waals surface area contributed by atoms with Gasteiger partial charge in [-0.3, -0.25) is 9.59 Å². The Bertz CT molecular complexity index is 503. The van der Waals surface area contributed by atoms with Gasteiger partial charge >= 0.3 is 5.97 Å². The summed E-state index contributed by atoms with van der Waals surface area (Å²) in [5.41, 5.74) is 0. The zero-order chi connectivity index (χ0) is 15.1. The molecular weight excluding hydrogens is 326 g/mol. The van der Waals surface area contributed by atoms with Crippen molar-refractivity contribution >= 4 is 46.6 Å². The van der Waals surface area contributed by atoms with E-state index in [1.54, 1.807) is 6.92 Å². The molecule has 0 atom stereocenters. The summed E-state index contributed by atoms with van der Waals surface area (Å²) in [5.74, 6) is -0.376. The second-order valence-corrected chi connectivity index (χ2v) is 5.05. The molecule has 0 saturated heterocycles. The van der Waals surface area contributed by atoms with Gasteiger partial charge in [-0.05, 0) is 13.0 Å². The molecule has 0 aliphatic rings. The molecule has 0 saturated carbocycles. The Hall–Kier alpha value is -0.970. The number of benzene rings is 1. The van der Waals surface area contributed by atoms with Crippen molar-refractivity contribution in [2.24, 2.45) is 0 Å². The first-order chi connectivity index (χ1) is 9.43. The first-order valence-electron chi connectivity index (χ1n) is 5.88. The fourth-order valence-electron chi connectivity index (χ4n) is 1.32.